The summed E-state index contributed by atoms with van der Waals surface area (Å²) in [6, 6.07) is 37.6. The fraction of sp³-hybridized carbons (Fsp3) is 0.397. The van der Waals surface area contributed by atoms with Crippen molar-refractivity contribution in [3.8, 4) is 0 Å². The Kier molecular flexibility index (Phi) is 36.4. The molecular formula is C78H90Br2Cl4F4N10O15S5. The summed E-state index contributed by atoms with van der Waals surface area (Å²) >= 11 is 29.9. The summed E-state index contributed by atoms with van der Waals surface area (Å²) < 4.78 is 183. The number of sulfonamides is 5. The molecule has 5 heterocycles. The average molecular weight is 1950 g/mol. The molecule has 5 aliphatic heterocycles. The van der Waals surface area contributed by atoms with Crippen LogP contribution < -0.4 is 26.6 Å². The van der Waals surface area contributed by atoms with Crippen LogP contribution in [0.1, 0.15) is 85.0 Å². The Morgan fingerprint density at radius 1 is 0.331 bits per heavy atom. The second-order valence-electron chi connectivity index (χ2n) is 27.9. The zero-order chi connectivity index (χ0) is 86.5. The lowest BCUT2D eigenvalue weighted by molar-refractivity contribution is -0.121. The summed E-state index contributed by atoms with van der Waals surface area (Å²) in [5.41, 5.74) is 2.06. The van der Waals surface area contributed by atoms with Crippen molar-refractivity contribution in [3.05, 3.63) is 204 Å². The van der Waals surface area contributed by atoms with Crippen LogP contribution in [-0.4, -0.2) is 176 Å². The molecule has 0 bridgehead atoms. The topological polar surface area (TPSA) is 332 Å². The number of piperidine rings is 5. The molecule has 7 aromatic rings. The van der Waals surface area contributed by atoms with Crippen molar-refractivity contribution < 1.29 is 83.6 Å². The van der Waals surface area contributed by atoms with Gasteiger partial charge in [-0.05, 0) is 226 Å². The van der Waals surface area contributed by atoms with Gasteiger partial charge < -0.3 is 26.6 Å². The van der Waals surface area contributed by atoms with Gasteiger partial charge in [-0.15, -0.1) is 0 Å². The molecule has 12 rings (SSSR count). The minimum absolute atomic E-state index is 0.00941. The molecule has 5 N–H and O–H groups in total. The maximum absolute atomic E-state index is 13.5. The Morgan fingerprint density at radius 3 is 0.941 bits per heavy atom. The van der Waals surface area contributed by atoms with E-state index in [0.717, 1.165) is 22.7 Å². The van der Waals surface area contributed by atoms with Crippen LogP contribution in [0.3, 0.4) is 0 Å². The molecule has 5 amide bonds. The number of amides is 5. The molecule has 5 aliphatic rings. The summed E-state index contributed by atoms with van der Waals surface area (Å²) in [5.74, 6) is -6.62. The number of benzene rings is 7. The SMILES string of the molecule is CCS(=O)(=O)N1CCCC(C(=O)Nc2ccc(Br)c(Cl)c2)C1.CCS(=O)(=O)N1CCCC(C(=O)Nc2ccc(Cl)c(Br)c2)C1.CCS(=O)(=O)N1CCCC(C(=O)Nc2ccc(F)c(F)c2)C1.O=C(Nc1ccc(Cl)c(F)c1)C1CCCN(S(=O)(=O)c2ccccc2)C1.O=C(Nc1ccc(F)c(Cl)c1)C1CCCN(S(=O)(=O)c2ccccc2)C1. The monoisotopic (exact) mass is 1940 g/mol. The van der Waals surface area contributed by atoms with E-state index in [1.54, 1.807) is 106 Å². The number of carbonyl (C=O) groups excluding carboxylic acids is 5. The highest BCUT2D eigenvalue weighted by atomic mass is 79.9. The normalized spacial score (nSPS) is 19.2. The first-order valence-corrected chi connectivity index (χ1v) is 48.4. The van der Waals surface area contributed by atoms with E-state index in [4.69, 9.17) is 46.4 Å². The molecule has 7 aromatic carbocycles. The molecule has 5 fully saturated rings. The number of hydrogen-bond donors (Lipinski definition) is 5. The summed E-state index contributed by atoms with van der Waals surface area (Å²) in [6.07, 6.45) is 6.25. The molecule has 0 aromatic heterocycles. The quantitative estimate of drug-likeness (QED) is 0.0443. The van der Waals surface area contributed by atoms with Crippen LogP contribution >= 0.6 is 78.3 Å². The van der Waals surface area contributed by atoms with Gasteiger partial charge in [-0.3, -0.25) is 24.0 Å². The second-order valence-corrected chi connectivity index (χ2v) is 41.9. The summed E-state index contributed by atoms with van der Waals surface area (Å²) in [6.45, 7) is 7.74. The molecule has 5 unspecified atom stereocenters. The van der Waals surface area contributed by atoms with Crippen molar-refractivity contribution in [1.82, 2.24) is 21.5 Å². The van der Waals surface area contributed by atoms with Gasteiger partial charge in [-0.25, -0.2) is 72.6 Å². The number of nitrogens with one attached hydrogen (secondary N) is 5. The third-order valence-electron chi connectivity index (χ3n) is 19.7. The van der Waals surface area contributed by atoms with Crippen molar-refractivity contribution in [1.29, 1.82) is 0 Å². The van der Waals surface area contributed by atoms with Gasteiger partial charge in [-0.2, -0.15) is 8.61 Å². The van der Waals surface area contributed by atoms with Crippen LogP contribution in [0, 0.1) is 52.9 Å². The Morgan fingerprint density at radius 2 is 0.619 bits per heavy atom. The highest BCUT2D eigenvalue weighted by Crippen LogP contribution is 2.33. The molecule has 0 saturated carbocycles. The van der Waals surface area contributed by atoms with Crippen LogP contribution in [0.5, 0.6) is 0 Å². The zero-order valence-electron chi connectivity index (χ0n) is 64.3. The lowest BCUT2D eigenvalue weighted by Gasteiger charge is -2.31. The van der Waals surface area contributed by atoms with Crippen LogP contribution in [-0.2, 0) is 74.1 Å². The fourth-order valence-electron chi connectivity index (χ4n) is 13.1. The molecule has 0 radical (unpaired) electrons. The third kappa shape index (κ3) is 27.6. The van der Waals surface area contributed by atoms with Crippen molar-refractivity contribution in [3.63, 3.8) is 0 Å². The lowest BCUT2D eigenvalue weighted by Crippen LogP contribution is -2.44. The Labute approximate surface area is 723 Å². The number of halogens is 10. The minimum Gasteiger partial charge on any atom is -0.326 e. The number of nitrogens with zero attached hydrogens (tertiary/aromatic N) is 5. The Balaban J connectivity index is 0.000000184. The molecule has 40 heteroatoms. The average Bonchev–Trinajstić information content (AvgIpc) is 0.793. The van der Waals surface area contributed by atoms with Crippen LogP contribution in [0.4, 0.5) is 46.0 Å². The van der Waals surface area contributed by atoms with Crippen molar-refractivity contribution in [2.45, 2.75) is 94.8 Å². The largest absolute Gasteiger partial charge is 0.326 e. The fourth-order valence-corrected chi connectivity index (χ4v) is 20.9. The molecule has 25 nitrogen and oxygen atoms in total. The number of hydrogen-bond acceptors (Lipinski definition) is 15. The molecular weight excluding hydrogens is 1850 g/mol. The highest BCUT2D eigenvalue weighted by Gasteiger charge is 2.38. The summed E-state index contributed by atoms with van der Waals surface area (Å²) in [5, 5.41) is 14.4. The predicted octanol–water partition coefficient (Wildman–Crippen LogP) is 15.2. The number of carbonyl (C=O) groups is 5. The van der Waals surface area contributed by atoms with Crippen molar-refractivity contribution in [2.75, 3.05) is 109 Å². The van der Waals surface area contributed by atoms with Crippen LogP contribution in [0.15, 0.2) is 170 Å². The highest BCUT2D eigenvalue weighted by molar-refractivity contribution is 9.11. The van der Waals surface area contributed by atoms with Gasteiger partial charge in [0.25, 0.3) is 0 Å². The zero-order valence-corrected chi connectivity index (χ0v) is 74.5. The molecule has 5 atom stereocenters. The molecule has 118 heavy (non-hydrogen) atoms. The molecule has 0 spiro atoms. The van der Waals surface area contributed by atoms with E-state index in [0.29, 0.717) is 134 Å². The molecule has 5 saturated heterocycles. The van der Waals surface area contributed by atoms with E-state index in [1.165, 1.54) is 70.1 Å². The summed E-state index contributed by atoms with van der Waals surface area (Å²) in [4.78, 5) is 62.3. The van der Waals surface area contributed by atoms with Crippen LogP contribution in [0.25, 0.3) is 0 Å². The van der Waals surface area contributed by atoms with Gasteiger partial charge >= 0.3 is 0 Å². The first-order chi connectivity index (χ1) is 55.7. The van der Waals surface area contributed by atoms with E-state index >= 15 is 0 Å². The Bertz CT molecular complexity index is 4890. The number of anilines is 5. The van der Waals surface area contributed by atoms with E-state index in [9.17, 15) is 83.6 Å². The second kappa shape index (κ2) is 44.4. The predicted molar refractivity (Wildman–Crippen MR) is 458 cm³/mol. The third-order valence-corrected chi connectivity index (χ3v) is 32.1. The smallest absolute Gasteiger partial charge is 0.243 e. The van der Waals surface area contributed by atoms with E-state index < -0.39 is 91.1 Å². The van der Waals surface area contributed by atoms with Gasteiger partial charge in [0.1, 0.15) is 11.6 Å². The van der Waals surface area contributed by atoms with Gasteiger partial charge in [0.2, 0.25) is 79.7 Å². The maximum atomic E-state index is 13.5. The molecule has 642 valence electrons. The standard InChI is InChI=1S/2C18H18ClFN2O3S.2C14H18BrClN2O3S.C14H18F2N2O3S/c19-16-11-14(8-9-17(16)20)21-18(23)13-5-4-10-22(12-13)26(24,25)15-6-2-1-3-7-15;19-16-9-8-14(11-17(16)20)21-18(23)13-5-4-10-22(12-13)26(24,25)15-6-2-1-3-7-15;1-2-22(20,21)18-7-3-4-10(9-18)14(19)17-11-5-6-13(16)12(15)8-11;2*1-2-22(20,21)18-7-3-4-10(9-18)14(19)17-11-5-6-12(15)13(16)8-11/h2*1-3,6-9,11,13H,4-5,10,12H2,(H,21,23);3*5-6,8,10H,2-4,7,9H2,1H3,(H,17,19). The van der Waals surface area contributed by atoms with E-state index in [-0.39, 0.29) is 117 Å². The minimum atomic E-state index is -3.64. The van der Waals surface area contributed by atoms with Gasteiger partial charge in [0.05, 0.1) is 76.7 Å². The summed E-state index contributed by atoms with van der Waals surface area (Å²) in [7, 11) is -17.1. The van der Waals surface area contributed by atoms with E-state index in [1.807, 2.05) is 0 Å². The van der Waals surface area contributed by atoms with Gasteiger partial charge in [0, 0.05) is 109 Å². The van der Waals surface area contributed by atoms with Crippen LogP contribution in [0.2, 0.25) is 20.1 Å². The lowest BCUT2D eigenvalue weighted by atomic mass is 9.98. The number of rotatable bonds is 20. The van der Waals surface area contributed by atoms with Crippen molar-refractivity contribution in [2.24, 2.45) is 29.6 Å². The van der Waals surface area contributed by atoms with Gasteiger partial charge in [0.15, 0.2) is 11.6 Å². The first-order valence-electron chi connectivity index (χ1n) is 37.6. The molecule has 0 aliphatic carbocycles. The van der Waals surface area contributed by atoms with Gasteiger partial charge in [-0.1, -0.05) is 82.8 Å². The Hall–Kier alpha value is -6.72. The first kappa shape index (κ1) is 96.7. The van der Waals surface area contributed by atoms with Crippen molar-refractivity contribution >= 4 is 186 Å². The maximum Gasteiger partial charge on any atom is 0.243 e. The van der Waals surface area contributed by atoms with E-state index in [2.05, 4.69) is 58.4 Å².